The molecule has 2 N–H and O–H groups in total. The Hall–Kier alpha value is -3.12. The Labute approximate surface area is 197 Å². The van der Waals surface area contributed by atoms with Gasteiger partial charge in [0, 0.05) is 21.9 Å². The Morgan fingerprint density at radius 3 is 2.30 bits per heavy atom. The van der Waals surface area contributed by atoms with Crippen LogP contribution in [0.3, 0.4) is 0 Å². The minimum atomic E-state index is -1.29. The van der Waals surface area contributed by atoms with Crippen LogP contribution in [0.1, 0.15) is 49.8 Å². The summed E-state index contributed by atoms with van der Waals surface area (Å²) in [5.74, 6) is -1.42. The van der Waals surface area contributed by atoms with Crippen LogP contribution in [0.5, 0.6) is 0 Å². The lowest BCUT2D eigenvalue weighted by molar-refractivity contribution is -0.149. The molecule has 2 aromatic carbocycles. The van der Waals surface area contributed by atoms with Gasteiger partial charge in [0.2, 0.25) is 6.10 Å². The van der Waals surface area contributed by atoms with Gasteiger partial charge in [-0.15, -0.1) is 0 Å². The molecule has 7 heteroatoms. The molecule has 6 nitrogen and oxygen atoms in total. The van der Waals surface area contributed by atoms with Gasteiger partial charge in [0.25, 0.3) is 5.91 Å². The molecule has 1 aliphatic carbocycles. The van der Waals surface area contributed by atoms with Crippen LogP contribution in [0.4, 0.5) is 0 Å². The molecular weight excluding hydrogens is 442 g/mol. The van der Waals surface area contributed by atoms with E-state index in [1.807, 2.05) is 24.3 Å². The van der Waals surface area contributed by atoms with Crippen molar-refractivity contribution in [2.45, 2.75) is 50.2 Å². The van der Waals surface area contributed by atoms with Crippen LogP contribution in [0.25, 0.3) is 0 Å². The average molecular weight is 468 g/mol. The topological polar surface area (TPSA) is 92.7 Å². The molecule has 1 saturated carbocycles. The highest BCUT2D eigenvalue weighted by atomic mass is 35.5. The molecule has 2 aromatic rings. The van der Waals surface area contributed by atoms with Gasteiger partial charge < -0.3 is 15.2 Å². The predicted octanol–water partition coefficient (Wildman–Crippen LogP) is 4.58. The van der Waals surface area contributed by atoms with Crippen molar-refractivity contribution in [1.29, 1.82) is 0 Å². The van der Waals surface area contributed by atoms with E-state index in [-0.39, 0.29) is 23.5 Å². The summed E-state index contributed by atoms with van der Waals surface area (Å²) < 4.78 is 5.73. The molecule has 0 bridgehead atoms. The Balaban J connectivity index is 1.65. The van der Waals surface area contributed by atoms with Gasteiger partial charge in [-0.25, -0.2) is 4.79 Å². The summed E-state index contributed by atoms with van der Waals surface area (Å²) in [6.45, 7) is 1.62. The first-order valence-electron chi connectivity index (χ1n) is 11.0. The van der Waals surface area contributed by atoms with Crippen molar-refractivity contribution in [3.8, 4) is 0 Å². The normalized spacial score (nSPS) is 25.6. The highest BCUT2D eigenvalue weighted by Crippen LogP contribution is 2.46. The van der Waals surface area contributed by atoms with E-state index in [1.54, 1.807) is 43.3 Å². The zero-order chi connectivity index (χ0) is 23.6. The number of aliphatic carboxylic acids is 1. The molecule has 2 aliphatic rings. The third-order valence-electron chi connectivity index (χ3n) is 6.87. The third-order valence-corrected chi connectivity index (χ3v) is 7.12. The fraction of sp³-hybridized carbons (Fsp3) is 0.346. The summed E-state index contributed by atoms with van der Waals surface area (Å²) in [5, 5.41) is 13.3. The number of carboxylic acids is 1. The number of carbonyl (C=O) groups excluding carboxylic acids is 2. The zero-order valence-corrected chi connectivity index (χ0v) is 19.0. The molecule has 1 amide bonds. The molecule has 1 fully saturated rings. The standard InChI is InChI=1S/C26H26ClNO5/c1-16(29)17-11-13-26(14-12-17,19-7-9-20(27)10-8-19)22-15-21(24(30)28-22)33-23(25(31)32)18-5-3-2-4-6-18/h2-10,15,17,22-23H,11-14H2,1H3,(H,28,30)(H,31,32)/t17?,22-,23-,26?/m1/s1. The number of nitrogens with one attached hydrogen (secondary N) is 1. The molecule has 2 atom stereocenters. The van der Waals surface area contributed by atoms with E-state index >= 15 is 0 Å². The predicted molar refractivity (Wildman–Crippen MR) is 124 cm³/mol. The maximum Gasteiger partial charge on any atom is 0.349 e. The highest BCUT2D eigenvalue weighted by Gasteiger charge is 2.47. The van der Waals surface area contributed by atoms with E-state index in [0.29, 0.717) is 23.4 Å². The lowest BCUT2D eigenvalue weighted by Gasteiger charge is -2.43. The van der Waals surface area contributed by atoms with Crippen molar-refractivity contribution in [2.75, 3.05) is 0 Å². The molecule has 0 aromatic heterocycles. The Kier molecular flexibility index (Phi) is 6.56. The van der Waals surface area contributed by atoms with Crippen molar-refractivity contribution in [3.63, 3.8) is 0 Å². The lowest BCUT2D eigenvalue weighted by atomic mass is 9.62. The second kappa shape index (κ2) is 9.40. The second-order valence-electron chi connectivity index (χ2n) is 8.78. The van der Waals surface area contributed by atoms with Crippen LogP contribution in [-0.2, 0) is 24.5 Å². The lowest BCUT2D eigenvalue weighted by Crippen LogP contribution is -2.49. The number of ether oxygens (including phenoxy) is 1. The van der Waals surface area contributed by atoms with Gasteiger partial charge in [-0.05, 0) is 56.4 Å². The number of carbonyl (C=O) groups is 3. The molecule has 1 heterocycles. The fourth-order valence-corrected chi connectivity index (χ4v) is 5.11. The number of hydrogen-bond acceptors (Lipinski definition) is 4. The van der Waals surface area contributed by atoms with Crippen molar-refractivity contribution >= 4 is 29.3 Å². The fourth-order valence-electron chi connectivity index (χ4n) is 4.99. The van der Waals surface area contributed by atoms with E-state index in [4.69, 9.17) is 16.3 Å². The monoisotopic (exact) mass is 467 g/mol. The van der Waals surface area contributed by atoms with Gasteiger partial charge in [0.15, 0.2) is 5.76 Å². The molecule has 33 heavy (non-hydrogen) atoms. The first kappa shape index (κ1) is 23.1. The van der Waals surface area contributed by atoms with E-state index in [0.717, 1.165) is 18.4 Å². The van der Waals surface area contributed by atoms with Gasteiger partial charge in [0.1, 0.15) is 5.78 Å². The van der Waals surface area contributed by atoms with Crippen LogP contribution < -0.4 is 5.32 Å². The minimum Gasteiger partial charge on any atom is -0.478 e. The molecule has 1 aliphatic heterocycles. The first-order chi connectivity index (χ1) is 15.8. The van der Waals surface area contributed by atoms with Gasteiger partial charge in [0.05, 0.1) is 6.04 Å². The van der Waals surface area contributed by atoms with E-state index in [1.165, 1.54) is 0 Å². The average Bonchev–Trinajstić information content (AvgIpc) is 3.19. The number of halogens is 1. The van der Waals surface area contributed by atoms with Crippen molar-refractivity contribution in [1.82, 2.24) is 5.32 Å². The van der Waals surface area contributed by atoms with Gasteiger partial charge in [-0.2, -0.15) is 0 Å². The van der Waals surface area contributed by atoms with Crippen molar-refractivity contribution in [2.24, 2.45) is 5.92 Å². The molecule has 0 saturated heterocycles. The molecule has 0 radical (unpaired) electrons. The maximum absolute atomic E-state index is 12.8. The number of ketones is 1. The van der Waals surface area contributed by atoms with E-state index < -0.39 is 23.4 Å². The molecule has 0 unspecified atom stereocenters. The van der Waals surface area contributed by atoms with Gasteiger partial charge >= 0.3 is 5.97 Å². The van der Waals surface area contributed by atoms with Crippen LogP contribution in [0, 0.1) is 5.92 Å². The first-order valence-corrected chi connectivity index (χ1v) is 11.4. The Bertz CT molecular complexity index is 1070. The largest absolute Gasteiger partial charge is 0.478 e. The SMILES string of the molecule is CC(=O)C1CCC(c2ccc(Cl)cc2)([C@H]2C=C(O[C@@H](C(=O)O)c3ccccc3)C(=O)N2)CC1. The molecular formula is C26H26ClNO5. The van der Waals surface area contributed by atoms with Crippen LogP contribution in [0.15, 0.2) is 66.4 Å². The summed E-state index contributed by atoms with van der Waals surface area (Å²) in [6, 6.07) is 15.7. The minimum absolute atomic E-state index is 0.00159. The molecule has 4 rings (SSSR count). The van der Waals surface area contributed by atoms with Crippen molar-refractivity contribution < 1.29 is 24.2 Å². The van der Waals surface area contributed by atoms with Gasteiger partial charge in [-0.3, -0.25) is 9.59 Å². The summed E-state index contributed by atoms with van der Waals surface area (Å²) >= 11 is 6.11. The number of amides is 1. The van der Waals surface area contributed by atoms with Crippen LogP contribution in [0.2, 0.25) is 5.02 Å². The van der Waals surface area contributed by atoms with E-state index in [9.17, 15) is 19.5 Å². The molecule has 172 valence electrons. The maximum atomic E-state index is 12.8. The molecule has 0 spiro atoms. The second-order valence-corrected chi connectivity index (χ2v) is 9.21. The smallest absolute Gasteiger partial charge is 0.349 e. The summed E-state index contributed by atoms with van der Waals surface area (Å²) in [6.07, 6.45) is 3.25. The number of Topliss-reactive ketones (excluding diaryl/α,β-unsaturated/α-hetero) is 1. The summed E-state index contributed by atoms with van der Waals surface area (Å²) in [7, 11) is 0. The summed E-state index contributed by atoms with van der Waals surface area (Å²) in [5.41, 5.74) is 1.04. The van der Waals surface area contributed by atoms with Crippen LogP contribution >= 0.6 is 11.6 Å². The van der Waals surface area contributed by atoms with Crippen molar-refractivity contribution in [3.05, 3.63) is 82.6 Å². The number of rotatable bonds is 7. The third kappa shape index (κ3) is 4.67. The quantitative estimate of drug-likeness (QED) is 0.621. The number of hydrogen-bond donors (Lipinski definition) is 2. The van der Waals surface area contributed by atoms with E-state index in [2.05, 4.69) is 5.32 Å². The zero-order valence-electron chi connectivity index (χ0n) is 18.3. The number of carboxylic acid groups (broad SMARTS) is 1. The Morgan fingerprint density at radius 2 is 1.73 bits per heavy atom. The number of benzene rings is 2. The highest BCUT2D eigenvalue weighted by molar-refractivity contribution is 6.30. The van der Waals surface area contributed by atoms with Gasteiger partial charge in [-0.1, -0.05) is 54.1 Å². The summed E-state index contributed by atoms with van der Waals surface area (Å²) in [4.78, 5) is 36.7. The Morgan fingerprint density at radius 1 is 1.09 bits per heavy atom. The van der Waals surface area contributed by atoms with Crippen LogP contribution in [-0.4, -0.2) is 28.8 Å².